The number of nitrogens with one attached hydrogen (secondary N) is 1. The molecule has 0 bridgehead atoms. The van der Waals surface area contributed by atoms with E-state index in [2.05, 4.69) is 16.3 Å². The highest BCUT2D eigenvalue weighted by Gasteiger charge is 2.28. The first-order chi connectivity index (χ1) is 9.08. The molecule has 1 rings (SSSR count). The van der Waals surface area contributed by atoms with Crippen LogP contribution in [-0.2, 0) is 9.59 Å². The molecular formula is C13H21N3O3. The van der Waals surface area contributed by atoms with Crippen molar-refractivity contribution in [3.8, 4) is 6.07 Å². The van der Waals surface area contributed by atoms with Gasteiger partial charge in [-0.05, 0) is 25.8 Å². The van der Waals surface area contributed by atoms with Gasteiger partial charge in [0.25, 0.3) is 0 Å². The number of nitrogens with zero attached hydrogens (tertiary/aromatic N) is 2. The van der Waals surface area contributed by atoms with Crippen molar-refractivity contribution in [1.29, 1.82) is 5.26 Å². The van der Waals surface area contributed by atoms with Crippen molar-refractivity contribution in [1.82, 2.24) is 10.2 Å². The first-order valence-electron chi connectivity index (χ1n) is 6.71. The smallest absolute Gasteiger partial charge is 0.326 e. The van der Waals surface area contributed by atoms with Crippen LogP contribution < -0.4 is 5.32 Å². The second-order valence-corrected chi connectivity index (χ2v) is 4.86. The van der Waals surface area contributed by atoms with E-state index < -0.39 is 12.0 Å². The summed E-state index contributed by atoms with van der Waals surface area (Å²) in [5.41, 5.74) is 0. The van der Waals surface area contributed by atoms with E-state index in [0.29, 0.717) is 25.9 Å². The lowest BCUT2D eigenvalue weighted by atomic mass is 9.96. The molecule has 1 heterocycles. The third kappa shape index (κ3) is 4.87. The van der Waals surface area contributed by atoms with Crippen LogP contribution in [0.25, 0.3) is 0 Å². The van der Waals surface area contributed by atoms with Crippen LogP contribution in [0.2, 0.25) is 0 Å². The van der Waals surface area contributed by atoms with Crippen LogP contribution in [0.4, 0.5) is 0 Å². The second kappa shape index (κ2) is 7.74. The van der Waals surface area contributed by atoms with Gasteiger partial charge in [-0.15, -0.1) is 0 Å². The van der Waals surface area contributed by atoms with Gasteiger partial charge < -0.3 is 15.3 Å². The Hall–Kier alpha value is -1.61. The summed E-state index contributed by atoms with van der Waals surface area (Å²) in [6.45, 7) is 3.93. The maximum atomic E-state index is 12.0. The highest BCUT2D eigenvalue weighted by atomic mass is 16.4. The predicted molar refractivity (Wildman–Crippen MR) is 69.3 cm³/mol. The van der Waals surface area contributed by atoms with Gasteiger partial charge in [0, 0.05) is 19.5 Å². The zero-order valence-electron chi connectivity index (χ0n) is 11.3. The Morgan fingerprint density at radius 1 is 1.58 bits per heavy atom. The largest absolute Gasteiger partial charge is 0.480 e. The van der Waals surface area contributed by atoms with Crippen molar-refractivity contribution < 1.29 is 14.7 Å². The lowest BCUT2D eigenvalue weighted by Gasteiger charge is -2.31. The molecule has 1 saturated heterocycles. The van der Waals surface area contributed by atoms with Gasteiger partial charge in [-0.1, -0.05) is 6.92 Å². The first kappa shape index (κ1) is 15.4. The number of carboxylic acid groups (broad SMARTS) is 1. The SMILES string of the molecule is CCC(NC(=O)C1CCCN(CCC#N)C1)C(=O)O. The van der Waals surface area contributed by atoms with Crippen LogP contribution >= 0.6 is 0 Å². The minimum Gasteiger partial charge on any atom is -0.480 e. The number of hydrogen-bond donors (Lipinski definition) is 2. The lowest BCUT2D eigenvalue weighted by molar-refractivity contribution is -0.142. The van der Waals surface area contributed by atoms with E-state index in [0.717, 1.165) is 19.4 Å². The predicted octanol–water partition coefficient (Wildman–Crippen LogP) is 0.591. The molecule has 1 aliphatic heterocycles. The molecule has 6 nitrogen and oxygen atoms in total. The molecule has 0 spiro atoms. The molecule has 106 valence electrons. The number of carbonyl (C=O) groups excluding carboxylic acids is 1. The first-order valence-corrected chi connectivity index (χ1v) is 6.71. The number of aliphatic carboxylic acids is 1. The van der Waals surface area contributed by atoms with Gasteiger partial charge >= 0.3 is 5.97 Å². The number of carboxylic acids is 1. The molecule has 19 heavy (non-hydrogen) atoms. The summed E-state index contributed by atoms with van der Waals surface area (Å²) in [5.74, 6) is -1.34. The minimum absolute atomic E-state index is 0.166. The summed E-state index contributed by atoms with van der Waals surface area (Å²) in [5, 5.41) is 20.1. The number of amides is 1. The molecule has 0 aromatic rings. The van der Waals surface area contributed by atoms with Gasteiger partial charge in [-0.2, -0.15) is 5.26 Å². The van der Waals surface area contributed by atoms with Crippen LogP contribution in [0.1, 0.15) is 32.6 Å². The van der Waals surface area contributed by atoms with E-state index in [1.807, 2.05) is 0 Å². The van der Waals surface area contributed by atoms with Crippen molar-refractivity contribution in [2.45, 2.75) is 38.6 Å². The maximum absolute atomic E-state index is 12.0. The quantitative estimate of drug-likeness (QED) is 0.734. The second-order valence-electron chi connectivity index (χ2n) is 4.86. The Balaban J connectivity index is 2.47. The normalized spacial score (nSPS) is 21.4. The minimum atomic E-state index is -0.993. The number of carbonyl (C=O) groups is 2. The molecule has 0 aliphatic carbocycles. The van der Waals surface area contributed by atoms with Crippen molar-refractivity contribution in [3.05, 3.63) is 0 Å². The molecule has 2 N–H and O–H groups in total. The molecule has 2 atom stereocenters. The van der Waals surface area contributed by atoms with Crippen molar-refractivity contribution in [2.24, 2.45) is 5.92 Å². The average molecular weight is 267 g/mol. The van der Waals surface area contributed by atoms with Gasteiger partial charge in [0.05, 0.1) is 12.0 Å². The van der Waals surface area contributed by atoms with E-state index in [9.17, 15) is 9.59 Å². The van der Waals surface area contributed by atoms with Crippen LogP contribution in [0.3, 0.4) is 0 Å². The average Bonchev–Trinajstić information content (AvgIpc) is 2.42. The fourth-order valence-corrected chi connectivity index (χ4v) is 2.31. The Morgan fingerprint density at radius 2 is 2.32 bits per heavy atom. The molecule has 1 aliphatic rings. The monoisotopic (exact) mass is 267 g/mol. The molecule has 6 heteroatoms. The van der Waals surface area contributed by atoms with E-state index in [1.165, 1.54) is 0 Å². The van der Waals surface area contributed by atoms with Crippen LogP contribution in [0.5, 0.6) is 0 Å². The summed E-state index contributed by atoms with van der Waals surface area (Å²) >= 11 is 0. The number of hydrogen-bond acceptors (Lipinski definition) is 4. The number of rotatable bonds is 6. The van der Waals surface area contributed by atoms with E-state index in [-0.39, 0.29) is 11.8 Å². The van der Waals surface area contributed by atoms with Crippen molar-refractivity contribution >= 4 is 11.9 Å². The summed E-state index contributed by atoms with van der Waals surface area (Å²) in [4.78, 5) is 25.0. The van der Waals surface area contributed by atoms with Gasteiger partial charge in [-0.25, -0.2) is 4.79 Å². The van der Waals surface area contributed by atoms with Crippen LogP contribution in [-0.4, -0.2) is 47.6 Å². The molecule has 0 saturated carbocycles. The number of piperidine rings is 1. The van der Waals surface area contributed by atoms with E-state index >= 15 is 0 Å². The Morgan fingerprint density at radius 3 is 2.89 bits per heavy atom. The van der Waals surface area contributed by atoms with E-state index in [4.69, 9.17) is 10.4 Å². The Labute approximate surface area is 113 Å². The Bertz CT molecular complexity index is 365. The summed E-state index contributed by atoms with van der Waals surface area (Å²) in [7, 11) is 0. The third-order valence-corrected chi connectivity index (χ3v) is 3.44. The molecule has 1 fully saturated rings. The molecule has 0 aromatic heterocycles. The molecular weight excluding hydrogens is 246 g/mol. The van der Waals surface area contributed by atoms with Gasteiger partial charge in [-0.3, -0.25) is 4.79 Å². The van der Waals surface area contributed by atoms with Crippen molar-refractivity contribution in [3.63, 3.8) is 0 Å². The number of likely N-dealkylation sites (tertiary alicyclic amines) is 1. The fraction of sp³-hybridized carbons (Fsp3) is 0.769. The van der Waals surface area contributed by atoms with Crippen LogP contribution in [0, 0.1) is 17.2 Å². The third-order valence-electron chi connectivity index (χ3n) is 3.44. The number of nitriles is 1. The fourth-order valence-electron chi connectivity index (χ4n) is 2.31. The summed E-state index contributed by atoms with van der Waals surface area (Å²) < 4.78 is 0. The van der Waals surface area contributed by atoms with Gasteiger partial charge in [0.2, 0.25) is 5.91 Å². The molecule has 2 unspecified atom stereocenters. The Kier molecular flexibility index (Phi) is 6.30. The van der Waals surface area contributed by atoms with Crippen LogP contribution in [0.15, 0.2) is 0 Å². The van der Waals surface area contributed by atoms with Crippen molar-refractivity contribution in [2.75, 3.05) is 19.6 Å². The highest BCUT2D eigenvalue weighted by molar-refractivity contribution is 5.85. The van der Waals surface area contributed by atoms with Gasteiger partial charge in [0.15, 0.2) is 0 Å². The summed E-state index contributed by atoms with van der Waals surface area (Å²) in [6, 6.07) is 1.29. The molecule has 1 amide bonds. The molecule has 0 radical (unpaired) electrons. The standard InChI is InChI=1S/C13H21N3O3/c1-2-11(13(18)19)15-12(17)10-5-3-7-16(9-10)8-4-6-14/h10-11H,2-5,7-9H2,1H3,(H,15,17)(H,18,19). The highest BCUT2D eigenvalue weighted by Crippen LogP contribution is 2.17. The zero-order chi connectivity index (χ0) is 14.3. The topological polar surface area (TPSA) is 93.4 Å². The zero-order valence-corrected chi connectivity index (χ0v) is 11.3. The molecule has 0 aromatic carbocycles. The maximum Gasteiger partial charge on any atom is 0.326 e. The lowest BCUT2D eigenvalue weighted by Crippen LogP contribution is -2.48. The van der Waals surface area contributed by atoms with Gasteiger partial charge in [0.1, 0.15) is 6.04 Å². The van der Waals surface area contributed by atoms with E-state index in [1.54, 1.807) is 6.92 Å². The summed E-state index contributed by atoms with van der Waals surface area (Å²) in [6.07, 6.45) is 2.53.